The highest BCUT2D eigenvalue weighted by atomic mass is 32.2. The zero-order valence-electron chi connectivity index (χ0n) is 18.9. The number of hydrogen-bond donors (Lipinski definition) is 0. The van der Waals surface area contributed by atoms with E-state index in [1.165, 1.54) is 5.56 Å². The second kappa shape index (κ2) is 10.8. The van der Waals surface area contributed by atoms with Gasteiger partial charge in [-0.25, -0.2) is 0 Å². The minimum absolute atomic E-state index is 0.286. The van der Waals surface area contributed by atoms with E-state index in [1.807, 2.05) is 23.1 Å². The SMILES string of the molecule is CCN1CCN(C(=O)CCCCSc2nnc(-c3ccco3)n2-c2cccc(C)c2)CC1. The molecule has 0 bridgehead atoms. The van der Waals surface area contributed by atoms with Crippen LogP contribution in [0.5, 0.6) is 0 Å². The molecule has 1 aliphatic rings. The molecule has 0 saturated carbocycles. The summed E-state index contributed by atoms with van der Waals surface area (Å²) >= 11 is 1.67. The van der Waals surface area contributed by atoms with Crippen LogP contribution in [0.15, 0.2) is 52.2 Å². The highest BCUT2D eigenvalue weighted by Gasteiger charge is 2.20. The molecule has 1 amide bonds. The van der Waals surface area contributed by atoms with Crippen LogP contribution in [0.25, 0.3) is 17.3 Å². The first-order chi connectivity index (χ1) is 15.7. The van der Waals surface area contributed by atoms with Crippen LogP contribution in [0.4, 0.5) is 0 Å². The third-order valence-electron chi connectivity index (χ3n) is 5.82. The zero-order valence-corrected chi connectivity index (χ0v) is 19.7. The molecule has 0 atom stereocenters. The lowest BCUT2D eigenvalue weighted by Crippen LogP contribution is -2.48. The Balaban J connectivity index is 1.33. The molecule has 0 spiro atoms. The third kappa shape index (κ3) is 5.42. The molecule has 1 aliphatic heterocycles. The first kappa shape index (κ1) is 22.6. The summed E-state index contributed by atoms with van der Waals surface area (Å²) in [6, 6.07) is 12.1. The summed E-state index contributed by atoms with van der Waals surface area (Å²) in [7, 11) is 0. The van der Waals surface area contributed by atoms with Gasteiger partial charge >= 0.3 is 0 Å². The molecule has 170 valence electrons. The second-order valence-electron chi connectivity index (χ2n) is 8.08. The Morgan fingerprint density at radius 1 is 1.09 bits per heavy atom. The molecule has 0 N–H and O–H groups in total. The normalized spacial score (nSPS) is 14.8. The quantitative estimate of drug-likeness (QED) is 0.356. The Labute approximate surface area is 193 Å². The van der Waals surface area contributed by atoms with Gasteiger partial charge in [-0.05, 0) is 56.1 Å². The minimum Gasteiger partial charge on any atom is -0.461 e. The average molecular weight is 454 g/mol. The number of amides is 1. The molecule has 1 aromatic carbocycles. The van der Waals surface area contributed by atoms with E-state index in [0.29, 0.717) is 18.0 Å². The van der Waals surface area contributed by atoms with Crippen molar-refractivity contribution in [1.82, 2.24) is 24.6 Å². The number of likely N-dealkylation sites (N-methyl/N-ethyl adjacent to an activating group) is 1. The van der Waals surface area contributed by atoms with Crippen molar-refractivity contribution in [3.05, 3.63) is 48.2 Å². The van der Waals surface area contributed by atoms with E-state index in [1.54, 1.807) is 18.0 Å². The van der Waals surface area contributed by atoms with E-state index in [9.17, 15) is 4.79 Å². The summed E-state index contributed by atoms with van der Waals surface area (Å²) in [5.41, 5.74) is 2.20. The van der Waals surface area contributed by atoms with Gasteiger partial charge in [-0.3, -0.25) is 9.36 Å². The molecule has 3 heterocycles. The van der Waals surface area contributed by atoms with Crippen molar-refractivity contribution in [3.63, 3.8) is 0 Å². The fraction of sp³-hybridized carbons (Fsp3) is 0.458. The summed E-state index contributed by atoms with van der Waals surface area (Å²) in [5.74, 6) is 2.57. The molecule has 2 aromatic heterocycles. The summed E-state index contributed by atoms with van der Waals surface area (Å²) in [4.78, 5) is 16.9. The number of benzene rings is 1. The van der Waals surface area contributed by atoms with E-state index in [0.717, 1.165) is 62.2 Å². The largest absolute Gasteiger partial charge is 0.461 e. The number of aromatic nitrogens is 3. The molecular formula is C24H31N5O2S. The number of hydrogen-bond acceptors (Lipinski definition) is 6. The van der Waals surface area contributed by atoms with E-state index in [-0.39, 0.29) is 5.91 Å². The molecule has 0 aliphatic carbocycles. The summed E-state index contributed by atoms with van der Waals surface area (Å²) < 4.78 is 7.64. The van der Waals surface area contributed by atoms with Crippen molar-refractivity contribution >= 4 is 17.7 Å². The Morgan fingerprint density at radius 3 is 2.66 bits per heavy atom. The number of piperazine rings is 1. The first-order valence-corrected chi connectivity index (χ1v) is 12.3. The van der Waals surface area contributed by atoms with Gasteiger partial charge in [-0.15, -0.1) is 10.2 Å². The third-order valence-corrected chi connectivity index (χ3v) is 6.84. The van der Waals surface area contributed by atoms with Crippen LogP contribution >= 0.6 is 11.8 Å². The number of aryl methyl sites for hydroxylation is 1. The maximum atomic E-state index is 12.5. The smallest absolute Gasteiger partial charge is 0.222 e. The molecule has 0 radical (unpaired) electrons. The maximum Gasteiger partial charge on any atom is 0.222 e. The van der Waals surface area contributed by atoms with E-state index in [2.05, 4.69) is 51.7 Å². The van der Waals surface area contributed by atoms with Crippen LogP contribution in [0.3, 0.4) is 0 Å². The number of nitrogens with zero attached hydrogens (tertiary/aromatic N) is 5. The van der Waals surface area contributed by atoms with Gasteiger partial charge in [0.1, 0.15) is 0 Å². The number of thioether (sulfide) groups is 1. The fourth-order valence-electron chi connectivity index (χ4n) is 3.94. The van der Waals surface area contributed by atoms with Crippen LogP contribution in [0, 0.1) is 6.92 Å². The van der Waals surface area contributed by atoms with Crippen LogP contribution in [-0.4, -0.2) is 68.9 Å². The lowest BCUT2D eigenvalue weighted by atomic mass is 10.2. The molecule has 7 nitrogen and oxygen atoms in total. The van der Waals surface area contributed by atoms with Gasteiger partial charge in [-0.1, -0.05) is 30.8 Å². The number of furan rings is 1. The molecule has 1 fully saturated rings. The molecule has 32 heavy (non-hydrogen) atoms. The molecule has 4 rings (SSSR count). The van der Waals surface area contributed by atoms with E-state index < -0.39 is 0 Å². The maximum absolute atomic E-state index is 12.5. The minimum atomic E-state index is 0.286. The van der Waals surface area contributed by atoms with Crippen molar-refractivity contribution in [1.29, 1.82) is 0 Å². The van der Waals surface area contributed by atoms with Gasteiger partial charge in [0.2, 0.25) is 11.7 Å². The van der Waals surface area contributed by atoms with Crippen LogP contribution in [0.1, 0.15) is 31.7 Å². The Kier molecular flexibility index (Phi) is 7.65. The van der Waals surface area contributed by atoms with Crippen molar-refractivity contribution in [3.8, 4) is 17.3 Å². The Morgan fingerprint density at radius 2 is 1.94 bits per heavy atom. The standard InChI is InChI=1S/C24H31N5O2S/c1-3-27-12-14-28(15-13-27)22(30)11-4-5-17-32-24-26-25-23(21-10-7-16-31-21)29(24)20-9-6-8-19(2)18-20/h6-10,16,18H,3-5,11-15,17H2,1-2H3. The lowest BCUT2D eigenvalue weighted by Gasteiger charge is -2.34. The summed E-state index contributed by atoms with van der Waals surface area (Å²) in [6.07, 6.45) is 4.12. The van der Waals surface area contributed by atoms with Gasteiger partial charge in [0.05, 0.1) is 12.0 Å². The van der Waals surface area contributed by atoms with Crippen molar-refractivity contribution in [2.75, 3.05) is 38.5 Å². The molecular weight excluding hydrogens is 422 g/mol. The van der Waals surface area contributed by atoms with Gasteiger partial charge in [0.15, 0.2) is 10.9 Å². The predicted molar refractivity (Wildman–Crippen MR) is 127 cm³/mol. The number of rotatable bonds is 9. The van der Waals surface area contributed by atoms with E-state index in [4.69, 9.17) is 4.42 Å². The summed E-state index contributed by atoms with van der Waals surface area (Å²) in [5, 5.41) is 9.67. The number of carbonyl (C=O) groups excluding carboxylic acids is 1. The fourth-order valence-corrected chi connectivity index (χ4v) is 4.89. The van der Waals surface area contributed by atoms with Crippen LogP contribution in [0.2, 0.25) is 0 Å². The van der Waals surface area contributed by atoms with Crippen molar-refractivity contribution in [2.24, 2.45) is 0 Å². The Bertz CT molecular complexity index is 1010. The summed E-state index contributed by atoms with van der Waals surface area (Å²) in [6.45, 7) is 9.01. The predicted octanol–water partition coefficient (Wildman–Crippen LogP) is 4.26. The van der Waals surface area contributed by atoms with Gasteiger partial charge in [0, 0.05) is 38.4 Å². The molecule has 0 unspecified atom stereocenters. The van der Waals surface area contributed by atoms with Crippen LogP contribution < -0.4 is 0 Å². The van der Waals surface area contributed by atoms with E-state index >= 15 is 0 Å². The average Bonchev–Trinajstić information content (AvgIpc) is 3.48. The monoisotopic (exact) mass is 453 g/mol. The molecule has 3 aromatic rings. The molecule has 8 heteroatoms. The van der Waals surface area contributed by atoms with Gasteiger partial charge in [-0.2, -0.15) is 0 Å². The number of carbonyl (C=O) groups is 1. The highest BCUT2D eigenvalue weighted by molar-refractivity contribution is 7.99. The highest BCUT2D eigenvalue weighted by Crippen LogP contribution is 2.29. The van der Waals surface area contributed by atoms with Crippen LogP contribution in [-0.2, 0) is 4.79 Å². The zero-order chi connectivity index (χ0) is 22.3. The first-order valence-electron chi connectivity index (χ1n) is 11.3. The second-order valence-corrected chi connectivity index (χ2v) is 9.14. The van der Waals surface area contributed by atoms with Crippen molar-refractivity contribution < 1.29 is 9.21 Å². The topological polar surface area (TPSA) is 67.4 Å². The van der Waals surface area contributed by atoms with Crippen molar-refractivity contribution in [2.45, 2.75) is 38.3 Å². The Hall–Kier alpha value is -2.58. The van der Waals surface area contributed by atoms with Gasteiger partial charge < -0.3 is 14.2 Å². The molecule has 1 saturated heterocycles. The number of unbranched alkanes of at least 4 members (excludes halogenated alkanes) is 1. The van der Waals surface area contributed by atoms with Gasteiger partial charge in [0.25, 0.3) is 0 Å². The lowest BCUT2D eigenvalue weighted by molar-refractivity contribution is -0.133.